The fourth-order valence-corrected chi connectivity index (χ4v) is 2.23. The van der Waals surface area contributed by atoms with Crippen LogP contribution >= 0.6 is 0 Å². The van der Waals surface area contributed by atoms with E-state index in [-0.39, 0.29) is 0 Å². The standard InChI is InChI=1S/C19H25NO/c1-2-13-20-14-16-21-15-12-17-8-10-19(11-9-17)18-6-4-3-5-7-18/h3-11,20H,2,12-16H2,1H3. The van der Waals surface area contributed by atoms with Gasteiger partial charge in [-0.2, -0.15) is 0 Å². The van der Waals surface area contributed by atoms with Crippen molar-refractivity contribution >= 4 is 0 Å². The van der Waals surface area contributed by atoms with Gasteiger partial charge in [-0.05, 0) is 36.1 Å². The van der Waals surface area contributed by atoms with Gasteiger partial charge < -0.3 is 10.1 Å². The summed E-state index contributed by atoms with van der Waals surface area (Å²) in [4.78, 5) is 0. The van der Waals surface area contributed by atoms with Crippen LogP contribution in [0.5, 0.6) is 0 Å². The lowest BCUT2D eigenvalue weighted by Crippen LogP contribution is -2.20. The Bertz CT molecular complexity index is 493. The van der Waals surface area contributed by atoms with Crippen molar-refractivity contribution in [1.29, 1.82) is 0 Å². The van der Waals surface area contributed by atoms with E-state index in [1.807, 2.05) is 6.07 Å². The van der Waals surface area contributed by atoms with Crippen LogP contribution < -0.4 is 5.32 Å². The number of benzene rings is 2. The van der Waals surface area contributed by atoms with E-state index in [4.69, 9.17) is 4.74 Å². The van der Waals surface area contributed by atoms with E-state index < -0.39 is 0 Å². The topological polar surface area (TPSA) is 21.3 Å². The summed E-state index contributed by atoms with van der Waals surface area (Å²) in [6.45, 7) is 5.78. The largest absolute Gasteiger partial charge is 0.380 e. The minimum absolute atomic E-state index is 0.790. The molecule has 2 aromatic carbocycles. The lowest BCUT2D eigenvalue weighted by molar-refractivity contribution is 0.139. The number of hydrogen-bond donors (Lipinski definition) is 1. The van der Waals surface area contributed by atoms with Gasteiger partial charge in [-0.1, -0.05) is 61.5 Å². The Morgan fingerprint density at radius 1 is 0.810 bits per heavy atom. The summed E-state index contributed by atoms with van der Waals surface area (Å²) in [5, 5.41) is 3.33. The molecule has 112 valence electrons. The van der Waals surface area contributed by atoms with Crippen molar-refractivity contribution in [2.75, 3.05) is 26.3 Å². The summed E-state index contributed by atoms with van der Waals surface area (Å²) >= 11 is 0. The molecule has 0 fully saturated rings. The Labute approximate surface area is 128 Å². The quantitative estimate of drug-likeness (QED) is 0.704. The van der Waals surface area contributed by atoms with Crippen LogP contribution in [0.1, 0.15) is 18.9 Å². The lowest BCUT2D eigenvalue weighted by Gasteiger charge is -2.07. The van der Waals surface area contributed by atoms with E-state index >= 15 is 0 Å². The Kier molecular flexibility index (Phi) is 6.99. The zero-order valence-electron chi connectivity index (χ0n) is 12.8. The van der Waals surface area contributed by atoms with Gasteiger partial charge in [-0.15, -0.1) is 0 Å². The summed E-state index contributed by atoms with van der Waals surface area (Å²) in [7, 11) is 0. The van der Waals surface area contributed by atoms with Crippen LogP contribution in [0.2, 0.25) is 0 Å². The van der Waals surface area contributed by atoms with Gasteiger partial charge in [0.25, 0.3) is 0 Å². The number of nitrogens with one attached hydrogen (secondary N) is 1. The second-order valence-electron chi connectivity index (χ2n) is 5.18. The SMILES string of the molecule is CCCNCCOCCc1ccc(-c2ccccc2)cc1. The lowest BCUT2D eigenvalue weighted by atomic mass is 10.0. The summed E-state index contributed by atoms with van der Waals surface area (Å²) in [5.74, 6) is 0. The molecule has 0 atom stereocenters. The maximum absolute atomic E-state index is 5.64. The number of ether oxygens (including phenoxy) is 1. The van der Waals surface area contributed by atoms with Crippen molar-refractivity contribution < 1.29 is 4.74 Å². The first-order chi connectivity index (χ1) is 10.4. The van der Waals surface area contributed by atoms with Crippen molar-refractivity contribution in [1.82, 2.24) is 5.32 Å². The minimum atomic E-state index is 0.790. The fourth-order valence-electron chi connectivity index (χ4n) is 2.23. The molecule has 2 nitrogen and oxygen atoms in total. The van der Waals surface area contributed by atoms with Gasteiger partial charge in [0.15, 0.2) is 0 Å². The minimum Gasteiger partial charge on any atom is -0.380 e. The van der Waals surface area contributed by atoms with Gasteiger partial charge in [0.1, 0.15) is 0 Å². The van der Waals surface area contributed by atoms with Crippen molar-refractivity contribution in [2.45, 2.75) is 19.8 Å². The van der Waals surface area contributed by atoms with Gasteiger partial charge in [-0.3, -0.25) is 0 Å². The predicted octanol–water partition coefficient (Wildman–Crippen LogP) is 3.91. The van der Waals surface area contributed by atoms with Crippen LogP contribution in [0.25, 0.3) is 11.1 Å². The Balaban J connectivity index is 1.71. The molecule has 0 heterocycles. The smallest absolute Gasteiger partial charge is 0.0591 e. The Morgan fingerprint density at radius 3 is 2.24 bits per heavy atom. The molecule has 0 aliphatic rings. The van der Waals surface area contributed by atoms with Crippen molar-refractivity contribution in [3.63, 3.8) is 0 Å². The van der Waals surface area contributed by atoms with E-state index in [2.05, 4.69) is 60.8 Å². The van der Waals surface area contributed by atoms with Crippen LogP contribution in [-0.2, 0) is 11.2 Å². The highest BCUT2D eigenvalue weighted by atomic mass is 16.5. The molecule has 2 rings (SSSR count). The first kappa shape index (κ1) is 15.7. The molecule has 0 unspecified atom stereocenters. The van der Waals surface area contributed by atoms with Gasteiger partial charge in [-0.25, -0.2) is 0 Å². The van der Waals surface area contributed by atoms with Crippen LogP contribution in [-0.4, -0.2) is 26.3 Å². The van der Waals surface area contributed by atoms with Crippen molar-refractivity contribution in [2.24, 2.45) is 0 Å². The van der Waals surface area contributed by atoms with E-state index in [1.165, 1.54) is 23.1 Å². The van der Waals surface area contributed by atoms with Gasteiger partial charge in [0, 0.05) is 6.54 Å². The maximum atomic E-state index is 5.64. The summed E-state index contributed by atoms with van der Waals surface area (Å²) in [6.07, 6.45) is 2.15. The molecule has 0 amide bonds. The van der Waals surface area contributed by atoms with Crippen molar-refractivity contribution in [3.05, 3.63) is 60.2 Å². The molecule has 2 aromatic rings. The first-order valence-corrected chi connectivity index (χ1v) is 7.83. The average molecular weight is 283 g/mol. The second-order valence-corrected chi connectivity index (χ2v) is 5.18. The molecular formula is C19H25NO. The zero-order valence-corrected chi connectivity index (χ0v) is 12.8. The third kappa shape index (κ3) is 5.70. The molecule has 0 saturated heterocycles. The van der Waals surface area contributed by atoms with Crippen LogP contribution in [0.15, 0.2) is 54.6 Å². The zero-order chi connectivity index (χ0) is 14.8. The molecular weight excluding hydrogens is 258 g/mol. The van der Waals surface area contributed by atoms with Crippen LogP contribution in [0.4, 0.5) is 0 Å². The number of hydrogen-bond acceptors (Lipinski definition) is 2. The average Bonchev–Trinajstić information content (AvgIpc) is 2.55. The molecule has 0 radical (unpaired) electrons. The maximum Gasteiger partial charge on any atom is 0.0591 e. The highest BCUT2D eigenvalue weighted by molar-refractivity contribution is 5.63. The Hall–Kier alpha value is -1.64. The first-order valence-electron chi connectivity index (χ1n) is 7.83. The number of rotatable bonds is 9. The molecule has 0 aromatic heterocycles. The molecule has 0 saturated carbocycles. The molecule has 21 heavy (non-hydrogen) atoms. The molecule has 0 bridgehead atoms. The van der Waals surface area contributed by atoms with E-state index in [9.17, 15) is 0 Å². The summed E-state index contributed by atoms with van der Waals surface area (Å²) in [5.41, 5.74) is 3.86. The summed E-state index contributed by atoms with van der Waals surface area (Å²) in [6, 6.07) is 19.2. The van der Waals surface area contributed by atoms with E-state index in [0.717, 1.165) is 32.7 Å². The van der Waals surface area contributed by atoms with E-state index in [0.29, 0.717) is 0 Å². The molecule has 0 spiro atoms. The second kappa shape index (κ2) is 9.32. The van der Waals surface area contributed by atoms with Gasteiger partial charge in [0.2, 0.25) is 0 Å². The molecule has 1 N–H and O–H groups in total. The predicted molar refractivity (Wildman–Crippen MR) is 89.6 cm³/mol. The monoisotopic (exact) mass is 283 g/mol. The third-order valence-electron chi connectivity index (χ3n) is 3.45. The highest BCUT2D eigenvalue weighted by Gasteiger charge is 1.98. The van der Waals surface area contributed by atoms with Gasteiger partial charge >= 0.3 is 0 Å². The molecule has 0 aliphatic carbocycles. The highest BCUT2D eigenvalue weighted by Crippen LogP contribution is 2.19. The van der Waals surface area contributed by atoms with Crippen LogP contribution in [0.3, 0.4) is 0 Å². The normalized spacial score (nSPS) is 10.7. The van der Waals surface area contributed by atoms with Gasteiger partial charge in [0.05, 0.1) is 13.2 Å². The van der Waals surface area contributed by atoms with Crippen LogP contribution in [0, 0.1) is 0 Å². The molecule has 0 aliphatic heterocycles. The van der Waals surface area contributed by atoms with Crippen molar-refractivity contribution in [3.8, 4) is 11.1 Å². The third-order valence-corrected chi connectivity index (χ3v) is 3.45. The fraction of sp³-hybridized carbons (Fsp3) is 0.368. The summed E-state index contributed by atoms with van der Waals surface area (Å²) < 4.78 is 5.64. The van der Waals surface area contributed by atoms with E-state index in [1.54, 1.807) is 0 Å². The Morgan fingerprint density at radius 2 is 1.52 bits per heavy atom. The molecule has 2 heteroatoms.